The van der Waals surface area contributed by atoms with Crippen molar-refractivity contribution < 1.29 is 9.84 Å². The van der Waals surface area contributed by atoms with E-state index in [4.69, 9.17) is 4.74 Å². The predicted octanol–water partition coefficient (Wildman–Crippen LogP) is 2.54. The highest BCUT2D eigenvalue weighted by atomic mass is 79.9. The van der Waals surface area contributed by atoms with Crippen molar-refractivity contribution in [1.82, 2.24) is 5.32 Å². The Morgan fingerprint density at radius 1 is 1.43 bits per heavy atom. The third-order valence-electron chi connectivity index (χ3n) is 3.99. The van der Waals surface area contributed by atoms with Crippen LogP contribution in [-0.4, -0.2) is 44.6 Å². The van der Waals surface area contributed by atoms with E-state index >= 15 is 0 Å². The van der Waals surface area contributed by atoms with Gasteiger partial charge in [0.25, 0.3) is 0 Å². The first-order chi connectivity index (χ1) is 10.3. The van der Waals surface area contributed by atoms with Gasteiger partial charge in [-0.3, -0.25) is 0 Å². The number of nitrogens with zero attached hydrogens (tertiary/aromatic N) is 1. The minimum atomic E-state index is 0.198. The molecule has 2 N–H and O–H groups in total. The Labute approximate surface area is 135 Å². The van der Waals surface area contributed by atoms with Crippen LogP contribution in [0.1, 0.15) is 24.8 Å². The van der Waals surface area contributed by atoms with Gasteiger partial charge in [0.2, 0.25) is 0 Å². The third kappa shape index (κ3) is 4.68. The Morgan fingerprint density at radius 3 is 2.81 bits per heavy atom. The van der Waals surface area contributed by atoms with E-state index in [9.17, 15) is 5.11 Å². The average molecular weight is 357 g/mol. The van der Waals surface area contributed by atoms with Crippen molar-refractivity contribution in [1.29, 1.82) is 0 Å². The number of methoxy groups -OCH3 is 1. The first-order valence-electron chi connectivity index (χ1n) is 7.62. The highest BCUT2D eigenvalue weighted by molar-refractivity contribution is 9.10. The van der Waals surface area contributed by atoms with Crippen molar-refractivity contribution in [3.8, 4) is 0 Å². The highest BCUT2D eigenvalue weighted by Crippen LogP contribution is 2.34. The maximum absolute atomic E-state index is 9.30. The molecular formula is C16H25BrN2O2. The Hall–Kier alpha value is -0.620. The molecule has 0 bridgehead atoms. The van der Waals surface area contributed by atoms with Gasteiger partial charge in [0.05, 0.1) is 18.9 Å². The summed E-state index contributed by atoms with van der Waals surface area (Å²) in [5, 5.41) is 12.6. The molecule has 0 heterocycles. The monoisotopic (exact) mass is 356 g/mol. The molecule has 5 heteroatoms. The van der Waals surface area contributed by atoms with Gasteiger partial charge in [0, 0.05) is 37.3 Å². The number of rotatable bonds is 9. The zero-order chi connectivity index (χ0) is 15.1. The summed E-state index contributed by atoms with van der Waals surface area (Å²) in [6.07, 6.45) is 3.76. The fourth-order valence-corrected chi connectivity index (χ4v) is 3.26. The normalized spacial score (nSPS) is 15.0. The molecule has 0 aromatic heterocycles. The second-order valence-corrected chi connectivity index (χ2v) is 6.31. The minimum absolute atomic E-state index is 0.198. The second kappa shape index (κ2) is 8.73. The SMILES string of the molecule is COCCNCc1ccc(N(CCO)C2CCC2)c(Br)c1. The molecule has 1 aliphatic carbocycles. The molecule has 2 rings (SSSR count). The highest BCUT2D eigenvalue weighted by Gasteiger charge is 2.25. The van der Waals surface area contributed by atoms with Crippen LogP contribution in [0.2, 0.25) is 0 Å². The molecule has 1 aromatic rings. The van der Waals surface area contributed by atoms with Gasteiger partial charge in [0.1, 0.15) is 0 Å². The zero-order valence-corrected chi connectivity index (χ0v) is 14.2. The summed E-state index contributed by atoms with van der Waals surface area (Å²) in [5.41, 5.74) is 2.44. The summed E-state index contributed by atoms with van der Waals surface area (Å²) in [7, 11) is 1.71. The lowest BCUT2D eigenvalue weighted by molar-refractivity contribution is 0.199. The van der Waals surface area contributed by atoms with E-state index in [0.717, 1.165) is 24.2 Å². The number of aliphatic hydroxyl groups is 1. The summed E-state index contributed by atoms with van der Waals surface area (Å²) in [4.78, 5) is 2.33. The van der Waals surface area contributed by atoms with Crippen molar-refractivity contribution in [3.63, 3.8) is 0 Å². The number of halogens is 1. The summed E-state index contributed by atoms with van der Waals surface area (Å²) >= 11 is 3.69. The van der Waals surface area contributed by atoms with Gasteiger partial charge in [0.15, 0.2) is 0 Å². The number of hydrogen-bond acceptors (Lipinski definition) is 4. The van der Waals surface area contributed by atoms with Crippen LogP contribution in [0.25, 0.3) is 0 Å². The molecule has 0 saturated heterocycles. The van der Waals surface area contributed by atoms with Crippen LogP contribution in [-0.2, 0) is 11.3 Å². The first kappa shape index (κ1) is 16.7. The summed E-state index contributed by atoms with van der Waals surface area (Å²) in [6.45, 7) is 3.32. The van der Waals surface area contributed by atoms with E-state index in [-0.39, 0.29) is 6.61 Å². The fraction of sp³-hybridized carbons (Fsp3) is 0.625. The molecule has 1 saturated carbocycles. The van der Waals surface area contributed by atoms with Crippen molar-refractivity contribution in [2.75, 3.05) is 38.3 Å². The Kier molecular flexibility index (Phi) is 6.96. The van der Waals surface area contributed by atoms with Gasteiger partial charge in [-0.05, 0) is 52.9 Å². The minimum Gasteiger partial charge on any atom is -0.395 e. The third-order valence-corrected chi connectivity index (χ3v) is 4.63. The molecule has 0 unspecified atom stereocenters. The van der Waals surface area contributed by atoms with Crippen LogP contribution in [0.4, 0.5) is 5.69 Å². The van der Waals surface area contributed by atoms with E-state index in [2.05, 4.69) is 44.3 Å². The maximum atomic E-state index is 9.30. The smallest absolute Gasteiger partial charge is 0.0606 e. The molecule has 1 aromatic carbocycles. The number of anilines is 1. The van der Waals surface area contributed by atoms with E-state index < -0.39 is 0 Å². The summed E-state index contributed by atoms with van der Waals surface area (Å²) in [6, 6.07) is 7.06. The van der Waals surface area contributed by atoms with Crippen LogP contribution >= 0.6 is 15.9 Å². The van der Waals surface area contributed by atoms with Crippen molar-refractivity contribution in [2.24, 2.45) is 0 Å². The molecule has 4 nitrogen and oxygen atoms in total. The van der Waals surface area contributed by atoms with Crippen molar-refractivity contribution in [2.45, 2.75) is 31.8 Å². The molecule has 1 aliphatic rings. The molecule has 118 valence electrons. The number of nitrogens with one attached hydrogen (secondary N) is 1. The van der Waals surface area contributed by atoms with Gasteiger partial charge in [-0.15, -0.1) is 0 Å². The van der Waals surface area contributed by atoms with Crippen LogP contribution in [0.3, 0.4) is 0 Å². The standard InChI is InChI=1S/C16H25BrN2O2/c1-21-10-7-18-12-13-5-6-16(15(17)11-13)19(8-9-20)14-3-2-4-14/h5-6,11,14,18,20H,2-4,7-10,12H2,1H3. The molecule has 0 radical (unpaired) electrons. The lowest BCUT2D eigenvalue weighted by Gasteiger charge is -2.39. The molecule has 1 fully saturated rings. The van der Waals surface area contributed by atoms with Gasteiger partial charge >= 0.3 is 0 Å². The predicted molar refractivity (Wildman–Crippen MR) is 89.8 cm³/mol. The lowest BCUT2D eigenvalue weighted by atomic mass is 9.91. The number of hydrogen-bond donors (Lipinski definition) is 2. The summed E-state index contributed by atoms with van der Waals surface area (Å²) in [5.74, 6) is 0. The van der Waals surface area contributed by atoms with Gasteiger partial charge < -0.3 is 20.1 Å². The molecule has 21 heavy (non-hydrogen) atoms. The maximum Gasteiger partial charge on any atom is 0.0606 e. The van der Waals surface area contributed by atoms with Crippen LogP contribution in [0.15, 0.2) is 22.7 Å². The van der Waals surface area contributed by atoms with Crippen LogP contribution in [0, 0.1) is 0 Å². The van der Waals surface area contributed by atoms with Crippen molar-refractivity contribution in [3.05, 3.63) is 28.2 Å². The molecular weight excluding hydrogens is 332 g/mol. The molecule has 0 amide bonds. The molecule has 0 spiro atoms. The number of ether oxygens (including phenoxy) is 1. The van der Waals surface area contributed by atoms with Crippen molar-refractivity contribution >= 4 is 21.6 Å². The fourth-order valence-electron chi connectivity index (χ4n) is 2.61. The Bertz CT molecular complexity index is 438. The van der Waals surface area contributed by atoms with E-state index in [1.165, 1.54) is 30.5 Å². The van der Waals surface area contributed by atoms with Gasteiger partial charge in [-0.2, -0.15) is 0 Å². The average Bonchev–Trinajstić information content (AvgIpc) is 2.41. The number of aliphatic hydroxyl groups excluding tert-OH is 1. The largest absolute Gasteiger partial charge is 0.395 e. The van der Waals surface area contributed by atoms with E-state index in [0.29, 0.717) is 12.6 Å². The number of benzene rings is 1. The molecule has 0 aliphatic heterocycles. The Balaban J connectivity index is 1.99. The van der Waals surface area contributed by atoms with Crippen LogP contribution in [0.5, 0.6) is 0 Å². The Morgan fingerprint density at radius 2 is 2.24 bits per heavy atom. The van der Waals surface area contributed by atoms with E-state index in [1.54, 1.807) is 7.11 Å². The first-order valence-corrected chi connectivity index (χ1v) is 8.41. The summed E-state index contributed by atoms with van der Waals surface area (Å²) < 4.78 is 6.13. The molecule has 0 atom stereocenters. The zero-order valence-electron chi connectivity index (χ0n) is 12.6. The van der Waals surface area contributed by atoms with Gasteiger partial charge in [-0.25, -0.2) is 0 Å². The quantitative estimate of drug-likeness (QED) is 0.667. The lowest BCUT2D eigenvalue weighted by Crippen LogP contribution is -2.42. The van der Waals surface area contributed by atoms with Gasteiger partial charge in [-0.1, -0.05) is 6.07 Å². The van der Waals surface area contributed by atoms with E-state index in [1.807, 2.05) is 0 Å². The van der Waals surface area contributed by atoms with Crippen LogP contribution < -0.4 is 10.2 Å². The second-order valence-electron chi connectivity index (χ2n) is 5.46. The topological polar surface area (TPSA) is 44.7 Å².